The minimum Gasteiger partial charge on any atom is -0.340 e. The summed E-state index contributed by atoms with van der Waals surface area (Å²) in [5.41, 5.74) is 3.02. The molecule has 1 aliphatic heterocycles. The van der Waals surface area contributed by atoms with Crippen molar-refractivity contribution in [2.75, 3.05) is 24.6 Å². The molecule has 2 heterocycles. The zero-order valence-electron chi connectivity index (χ0n) is 16.6. The topological polar surface area (TPSA) is 88.5 Å². The Morgan fingerprint density at radius 3 is 2.28 bits per heavy atom. The highest BCUT2D eigenvalue weighted by atomic mass is 35.5. The Hall–Kier alpha value is -2.32. The van der Waals surface area contributed by atoms with E-state index in [0.717, 1.165) is 17.1 Å². The van der Waals surface area contributed by atoms with Gasteiger partial charge in [0.1, 0.15) is 6.04 Å². The van der Waals surface area contributed by atoms with Crippen LogP contribution in [0.2, 0.25) is 5.02 Å². The Balaban J connectivity index is 1.73. The zero-order valence-corrected chi connectivity index (χ0v) is 18.2. The van der Waals surface area contributed by atoms with E-state index in [1.54, 1.807) is 25.1 Å². The maximum Gasteiger partial charge on any atom is 0.253 e. The molecule has 29 heavy (non-hydrogen) atoms. The van der Waals surface area contributed by atoms with E-state index in [0.29, 0.717) is 10.6 Å². The van der Waals surface area contributed by atoms with Crippen LogP contribution in [-0.4, -0.2) is 60.3 Å². The third-order valence-corrected chi connectivity index (χ3v) is 7.00. The number of sulfone groups is 1. The first-order valence-electron chi connectivity index (χ1n) is 9.34. The van der Waals surface area contributed by atoms with Crippen LogP contribution in [0.1, 0.15) is 28.7 Å². The Labute approximate surface area is 175 Å². The zero-order chi connectivity index (χ0) is 21.3. The number of nitrogens with zero attached hydrogens (tertiary/aromatic N) is 2. The lowest BCUT2D eigenvalue weighted by atomic mass is 10.2. The van der Waals surface area contributed by atoms with Gasteiger partial charge in [-0.15, -0.1) is 0 Å². The van der Waals surface area contributed by atoms with Crippen molar-refractivity contribution in [3.63, 3.8) is 0 Å². The molecule has 0 radical (unpaired) electrons. The Kier molecular flexibility index (Phi) is 6.05. The Morgan fingerprint density at radius 2 is 1.69 bits per heavy atom. The van der Waals surface area contributed by atoms with Crippen LogP contribution in [0.15, 0.2) is 30.3 Å². The predicted octanol–water partition coefficient (Wildman–Crippen LogP) is 2.12. The summed E-state index contributed by atoms with van der Waals surface area (Å²) in [5.74, 6) is -0.702. The number of hydrogen-bond donors (Lipinski definition) is 1. The van der Waals surface area contributed by atoms with Crippen LogP contribution in [0.4, 0.5) is 0 Å². The minimum atomic E-state index is -3.07. The lowest BCUT2D eigenvalue weighted by Crippen LogP contribution is -2.51. The molecule has 3 rings (SSSR count). The van der Waals surface area contributed by atoms with Crippen LogP contribution in [0, 0.1) is 13.8 Å². The largest absolute Gasteiger partial charge is 0.340 e. The van der Waals surface area contributed by atoms with Gasteiger partial charge in [-0.25, -0.2) is 8.42 Å². The molecular weight excluding hydrogens is 414 g/mol. The van der Waals surface area contributed by atoms with Gasteiger partial charge in [0.15, 0.2) is 9.84 Å². The van der Waals surface area contributed by atoms with E-state index < -0.39 is 15.9 Å². The van der Waals surface area contributed by atoms with Crippen LogP contribution in [-0.2, 0) is 14.6 Å². The van der Waals surface area contributed by atoms with Gasteiger partial charge in [-0.2, -0.15) is 0 Å². The summed E-state index contributed by atoms with van der Waals surface area (Å²) < 4.78 is 25.0. The SMILES string of the molecule is Cc1cc(C(=O)NC(C)C(=O)N2CCS(=O)(=O)CC2)c(C)n1-c1ccc(Cl)cc1. The van der Waals surface area contributed by atoms with Gasteiger partial charge < -0.3 is 14.8 Å². The van der Waals surface area contributed by atoms with Crippen molar-refractivity contribution >= 4 is 33.3 Å². The van der Waals surface area contributed by atoms with Gasteiger partial charge in [0.05, 0.1) is 17.1 Å². The first-order valence-corrected chi connectivity index (χ1v) is 11.5. The summed E-state index contributed by atoms with van der Waals surface area (Å²) in [7, 11) is -3.07. The summed E-state index contributed by atoms with van der Waals surface area (Å²) in [6.45, 7) is 5.68. The maximum absolute atomic E-state index is 12.8. The molecule has 9 heteroatoms. The fraction of sp³-hybridized carbons (Fsp3) is 0.400. The van der Waals surface area contributed by atoms with Gasteiger partial charge >= 0.3 is 0 Å². The van der Waals surface area contributed by atoms with Crippen molar-refractivity contribution in [1.82, 2.24) is 14.8 Å². The van der Waals surface area contributed by atoms with Crippen molar-refractivity contribution in [3.05, 3.63) is 52.3 Å². The molecule has 1 atom stereocenters. The summed E-state index contributed by atoms with van der Waals surface area (Å²) in [6.07, 6.45) is 0. The molecule has 156 valence electrons. The van der Waals surface area contributed by atoms with Crippen LogP contribution in [0.5, 0.6) is 0 Å². The second kappa shape index (κ2) is 8.20. The number of nitrogens with one attached hydrogen (secondary N) is 1. The standard InChI is InChI=1S/C20H24ClN3O4S/c1-13-12-18(15(3)24(13)17-6-4-16(21)5-7-17)19(25)22-14(2)20(26)23-8-10-29(27,28)11-9-23/h4-7,12,14H,8-11H2,1-3H3,(H,22,25). The van der Waals surface area contributed by atoms with Gasteiger partial charge in [0, 0.05) is 35.2 Å². The highest BCUT2D eigenvalue weighted by molar-refractivity contribution is 7.91. The second-order valence-corrected chi connectivity index (χ2v) is 10.0. The molecule has 1 N–H and O–H groups in total. The predicted molar refractivity (Wildman–Crippen MR) is 112 cm³/mol. The second-order valence-electron chi connectivity index (χ2n) is 7.27. The van der Waals surface area contributed by atoms with Crippen molar-refractivity contribution in [3.8, 4) is 5.69 Å². The number of aryl methyl sites for hydroxylation is 1. The van der Waals surface area contributed by atoms with Crippen molar-refractivity contribution in [2.45, 2.75) is 26.8 Å². The number of benzene rings is 1. The molecule has 1 saturated heterocycles. The highest BCUT2D eigenvalue weighted by Gasteiger charge is 2.29. The Morgan fingerprint density at radius 1 is 1.10 bits per heavy atom. The molecule has 7 nitrogen and oxygen atoms in total. The lowest BCUT2D eigenvalue weighted by molar-refractivity contribution is -0.132. The van der Waals surface area contributed by atoms with Crippen molar-refractivity contribution in [1.29, 1.82) is 0 Å². The van der Waals surface area contributed by atoms with E-state index in [9.17, 15) is 18.0 Å². The summed E-state index contributed by atoms with van der Waals surface area (Å²) in [5, 5.41) is 3.37. The molecule has 1 aromatic carbocycles. The van der Waals surface area contributed by atoms with Crippen LogP contribution in [0.25, 0.3) is 5.69 Å². The number of hydrogen-bond acceptors (Lipinski definition) is 4. The quantitative estimate of drug-likeness (QED) is 0.793. The molecule has 2 aromatic rings. The number of carbonyl (C=O) groups excluding carboxylic acids is 2. The number of aromatic nitrogens is 1. The van der Waals surface area contributed by atoms with Gasteiger partial charge in [-0.3, -0.25) is 9.59 Å². The Bertz CT molecular complexity index is 1030. The average Bonchev–Trinajstić information content (AvgIpc) is 2.96. The average molecular weight is 438 g/mol. The third kappa shape index (κ3) is 4.64. The van der Waals surface area contributed by atoms with Crippen LogP contribution < -0.4 is 5.32 Å². The molecule has 1 fully saturated rings. The first-order chi connectivity index (χ1) is 13.6. The smallest absolute Gasteiger partial charge is 0.253 e. The van der Waals surface area contributed by atoms with E-state index in [4.69, 9.17) is 11.6 Å². The minimum absolute atomic E-state index is 0.0400. The molecule has 0 saturated carbocycles. The highest BCUT2D eigenvalue weighted by Crippen LogP contribution is 2.22. The molecule has 1 unspecified atom stereocenters. The molecule has 0 spiro atoms. The fourth-order valence-electron chi connectivity index (χ4n) is 3.52. The molecule has 0 bridgehead atoms. The van der Waals surface area contributed by atoms with Gasteiger partial charge in [-0.05, 0) is 51.1 Å². The van der Waals surface area contributed by atoms with Crippen LogP contribution >= 0.6 is 11.6 Å². The monoisotopic (exact) mass is 437 g/mol. The number of halogens is 1. The van der Waals surface area contributed by atoms with Gasteiger partial charge in [-0.1, -0.05) is 11.6 Å². The molecule has 1 aromatic heterocycles. The maximum atomic E-state index is 12.8. The fourth-order valence-corrected chi connectivity index (χ4v) is 4.85. The van der Waals surface area contributed by atoms with Crippen molar-refractivity contribution in [2.24, 2.45) is 0 Å². The number of rotatable bonds is 4. The molecule has 0 aliphatic carbocycles. The molecular formula is C20H24ClN3O4S. The van der Waals surface area contributed by atoms with E-state index in [1.165, 1.54) is 4.90 Å². The third-order valence-electron chi connectivity index (χ3n) is 5.13. The van der Waals surface area contributed by atoms with Crippen LogP contribution in [0.3, 0.4) is 0 Å². The normalized spacial score (nSPS) is 17.0. The van der Waals surface area contributed by atoms with E-state index in [1.807, 2.05) is 30.5 Å². The number of carbonyl (C=O) groups is 2. The summed E-state index contributed by atoms with van der Waals surface area (Å²) >= 11 is 5.96. The van der Waals surface area contributed by atoms with E-state index in [2.05, 4.69) is 5.32 Å². The van der Waals surface area contributed by atoms with Crippen molar-refractivity contribution < 1.29 is 18.0 Å². The lowest BCUT2D eigenvalue weighted by Gasteiger charge is -2.29. The summed E-state index contributed by atoms with van der Waals surface area (Å²) in [4.78, 5) is 26.9. The first kappa shape index (κ1) is 21.4. The molecule has 1 aliphatic rings. The van der Waals surface area contributed by atoms with E-state index >= 15 is 0 Å². The van der Waals surface area contributed by atoms with Gasteiger partial charge in [0.25, 0.3) is 5.91 Å². The van der Waals surface area contributed by atoms with E-state index in [-0.39, 0.29) is 36.4 Å². The summed E-state index contributed by atoms with van der Waals surface area (Å²) in [6, 6.07) is 8.36. The van der Waals surface area contributed by atoms with Gasteiger partial charge in [0.2, 0.25) is 5.91 Å². The number of amides is 2. The molecule has 2 amide bonds.